The van der Waals surface area contributed by atoms with Crippen LogP contribution in [0.3, 0.4) is 0 Å². The van der Waals surface area contributed by atoms with Gasteiger partial charge in [0.05, 0.1) is 23.0 Å². The van der Waals surface area contributed by atoms with Gasteiger partial charge in [-0.15, -0.1) is 0 Å². The van der Waals surface area contributed by atoms with Crippen molar-refractivity contribution in [3.8, 4) is 5.75 Å². The minimum atomic E-state index is -0.661. The third-order valence-electron chi connectivity index (χ3n) is 4.05. The van der Waals surface area contributed by atoms with Crippen LogP contribution in [0.4, 0.5) is 0 Å². The van der Waals surface area contributed by atoms with Crippen LogP contribution in [-0.2, 0) is 11.3 Å². The van der Waals surface area contributed by atoms with Crippen LogP contribution in [0.25, 0.3) is 15.2 Å². The molecule has 0 amide bonds. The highest BCUT2D eigenvalue weighted by molar-refractivity contribution is 7.23. The fourth-order valence-electron chi connectivity index (χ4n) is 2.76. The lowest BCUT2D eigenvalue weighted by molar-refractivity contribution is 0.0523. The van der Waals surface area contributed by atoms with Gasteiger partial charge in [-0.3, -0.25) is 9.20 Å². The van der Waals surface area contributed by atoms with Crippen molar-refractivity contribution in [3.63, 3.8) is 0 Å². The van der Waals surface area contributed by atoms with Gasteiger partial charge in [-0.25, -0.2) is 9.78 Å². The number of aromatic nitrogens is 2. The summed E-state index contributed by atoms with van der Waals surface area (Å²) in [4.78, 5) is 29.4. The number of ether oxygens (including phenoxy) is 2. The predicted molar refractivity (Wildman–Crippen MR) is 104 cm³/mol. The average Bonchev–Trinajstić information content (AvgIpc) is 3.06. The first-order valence-electron chi connectivity index (χ1n) is 8.45. The molecule has 0 radical (unpaired) electrons. The van der Waals surface area contributed by atoms with Gasteiger partial charge in [0.15, 0.2) is 4.96 Å². The lowest BCUT2D eigenvalue weighted by Gasteiger charge is -2.06. The maximum atomic E-state index is 12.7. The van der Waals surface area contributed by atoms with Gasteiger partial charge in [-0.1, -0.05) is 41.7 Å². The molecule has 0 unspecified atom stereocenters. The van der Waals surface area contributed by atoms with Crippen molar-refractivity contribution in [3.05, 3.63) is 76.2 Å². The van der Waals surface area contributed by atoms with Crippen LogP contribution in [0.1, 0.15) is 22.8 Å². The number of hydrogen-bond donors (Lipinski definition) is 0. The third-order valence-corrected chi connectivity index (χ3v) is 5.06. The summed E-state index contributed by atoms with van der Waals surface area (Å²) in [5, 5.41) is 0. The molecule has 2 heterocycles. The molecule has 0 aliphatic heterocycles. The van der Waals surface area contributed by atoms with E-state index in [0.29, 0.717) is 22.8 Å². The van der Waals surface area contributed by atoms with Gasteiger partial charge in [0.25, 0.3) is 5.56 Å². The molecule has 0 saturated carbocycles. The van der Waals surface area contributed by atoms with Crippen LogP contribution >= 0.6 is 11.3 Å². The van der Waals surface area contributed by atoms with Gasteiger partial charge in [-0.05, 0) is 30.7 Å². The summed E-state index contributed by atoms with van der Waals surface area (Å²) in [6.45, 7) is 2.36. The van der Waals surface area contributed by atoms with E-state index in [1.807, 2.05) is 36.4 Å². The maximum absolute atomic E-state index is 12.7. The number of carbonyl (C=O) groups is 1. The normalized spacial score (nSPS) is 11.0. The van der Waals surface area contributed by atoms with Crippen molar-refractivity contribution >= 4 is 32.5 Å². The van der Waals surface area contributed by atoms with Crippen LogP contribution in [0.2, 0.25) is 0 Å². The van der Waals surface area contributed by atoms with Crippen molar-refractivity contribution in [2.75, 3.05) is 6.61 Å². The average molecular weight is 380 g/mol. The number of fused-ring (bicyclic) bond motifs is 3. The molecule has 136 valence electrons. The molecule has 0 fully saturated rings. The zero-order chi connectivity index (χ0) is 18.8. The number of benzene rings is 2. The molecule has 0 saturated heterocycles. The minimum absolute atomic E-state index is 0.0709. The lowest BCUT2D eigenvalue weighted by atomic mass is 10.2. The molecule has 0 bridgehead atoms. The van der Waals surface area contributed by atoms with Gasteiger partial charge >= 0.3 is 5.97 Å². The van der Waals surface area contributed by atoms with E-state index >= 15 is 0 Å². The first kappa shape index (κ1) is 17.2. The second kappa shape index (κ2) is 7.20. The Hall–Kier alpha value is -3.19. The number of esters is 1. The Kier molecular flexibility index (Phi) is 4.60. The molecule has 0 N–H and O–H groups in total. The van der Waals surface area contributed by atoms with Crippen molar-refractivity contribution < 1.29 is 14.3 Å². The van der Waals surface area contributed by atoms with Gasteiger partial charge in [0, 0.05) is 0 Å². The fourth-order valence-corrected chi connectivity index (χ4v) is 3.78. The quantitative estimate of drug-likeness (QED) is 0.494. The number of rotatable bonds is 5. The van der Waals surface area contributed by atoms with Crippen LogP contribution < -0.4 is 10.3 Å². The highest BCUT2D eigenvalue weighted by atomic mass is 32.1. The van der Waals surface area contributed by atoms with Gasteiger partial charge in [0.1, 0.15) is 17.9 Å². The Labute approximate surface area is 158 Å². The molecule has 2 aromatic heterocycles. The first-order chi connectivity index (χ1) is 13.2. The standard InChI is InChI=1S/C20H16N2O4S/c1-2-25-19(24)15-11-21-20-22(18(15)23)16-9-8-14(10-17(16)27-20)26-12-13-6-4-3-5-7-13/h3-11H,2,12H2,1H3. The van der Waals surface area contributed by atoms with Crippen LogP contribution in [0.5, 0.6) is 5.75 Å². The van der Waals surface area contributed by atoms with Gasteiger partial charge in [0.2, 0.25) is 0 Å². The monoisotopic (exact) mass is 380 g/mol. The van der Waals surface area contributed by atoms with E-state index in [4.69, 9.17) is 9.47 Å². The number of carbonyl (C=O) groups excluding carboxylic acids is 1. The van der Waals surface area contributed by atoms with Crippen molar-refractivity contribution in [1.29, 1.82) is 0 Å². The number of thiazole rings is 1. The summed E-state index contributed by atoms with van der Waals surface area (Å²) in [7, 11) is 0. The summed E-state index contributed by atoms with van der Waals surface area (Å²) in [5.74, 6) is 0.0446. The van der Waals surface area contributed by atoms with Crippen molar-refractivity contribution in [2.24, 2.45) is 0 Å². The Bertz CT molecular complexity index is 1180. The van der Waals surface area contributed by atoms with E-state index in [-0.39, 0.29) is 12.2 Å². The van der Waals surface area contributed by atoms with Crippen LogP contribution in [-0.4, -0.2) is 22.0 Å². The predicted octanol–water partition coefficient (Wildman–Crippen LogP) is 3.66. The van der Waals surface area contributed by atoms with Crippen LogP contribution in [0, 0.1) is 0 Å². The largest absolute Gasteiger partial charge is 0.489 e. The highest BCUT2D eigenvalue weighted by Crippen LogP contribution is 2.28. The smallest absolute Gasteiger partial charge is 0.345 e. The highest BCUT2D eigenvalue weighted by Gasteiger charge is 2.17. The zero-order valence-electron chi connectivity index (χ0n) is 14.5. The maximum Gasteiger partial charge on any atom is 0.345 e. The molecule has 2 aromatic carbocycles. The summed E-state index contributed by atoms with van der Waals surface area (Å²) < 4.78 is 13.1. The zero-order valence-corrected chi connectivity index (χ0v) is 15.4. The molecular weight excluding hydrogens is 364 g/mol. The first-order valence-corrected chi connectivity index (χ1v) is 9.27. The molecule has 7 heteroatoms. The third kappa shape index (κ3) is 3.29. The van der Waals surface area contributed by atoms with E-state index in [1.54, 1.807) is 19.1 Å². The Morgan fingerprint density at radius 2 is 2.00 bits per heavy atom. The van der Waals surface area contributed by atoms with Crippen molar-refractivity contribution in [1.82, 2.24) is 9.38 Å². The molecule has 27 heavy (non-hydrogen) atoms. The minimum Gasteiger partial charge on any atom is -0.489 e. The summed E-state index contributed by atoms with van der Waals surface area (Å²) in [6.07, 6.45) is 1.28. The topological polar surface area (TPSA) is 69.9 Å². The second-order valence-electron chi connectivity index (χ2n) is 5.82. The number of nitrogens with zero attached hydrogens (tertiary/aromatic N) is 2. The molecule has 4 rings (SSSR count). The molecule has 0 spiro atoms. The van der Waals surface area contributed by atoms with Crippen molar-refractivity contribution in [2.45, 2.75) is 13.5 Å². The van der Waals surface area contributed by atoms with E-state index in [2.05, 4.69) is 4.98 Å². The SMILES string of the molecule is CCOC(=O)c1cnc2sc3cc(OCc4ccccc4)ccc3n2c1=O. The number of hydrogen-bond acceptors (Lipinski definition) is 6. The molecule has 0 aliphatic rings. The van der Waals surface area contributed by atoms with E-state index < -0.39 is 11.5 Å². The van der Waals surface area contributed by atoms with E-state index in [9.17, 15) is 9.59 Å². The summed E-state index contributed by atoms with van der Waals surface area (Å²) in [6, 6.07) is 15.4. The Morgan fingerprint density at radius 1 is 1.19 bits per heavy atom. The molecule has 6 nitrogen and oxygen atoms in total. The molecular formula is C20H16N2O4S. The Morgan fingerprint density at radius 3 is 2.78 bits per heavy atom. The van der Waals surface area contributed by atoms with Gasteiger partial charge in [-0.2, -0.15) is 0 Å². The molecule has 0 aliphatic carbocycles. The summed E-state index contributed by atoms with van der Waals surface area (Å²) >= 11 is 1.37. The van der Waals surface area contributed by atoms with E-state index in [0.717, 1.165) is 10.3 Å². The van der Waals surface area contributed by atoms with E-state index in [1.165, 1.54) is 21.9 Å². The molecule has 0 atom stereocenters. The summed E-state index contributed by atoms with van der Waals surface area (Å²) in [5.41, 5.74) is 1.26. The molecule has 4 aromatic rings. The fraction of sp³-hybridized carbons (Fsp3) is 0.150. The Balaban J connectivity index is 1.70. The lowest BCUT2D eigenvalue weighted by Crippen LogP contribution is -2.23. The second-order valence-corrected chi connectivity index (χ2v) is 6.83. The van der Waals surface area contributed by atoms with Gasteiger partial charge < -0.3 is 9.47 Å². The van der Waals surface area contributed by atoms with Crippen LogP contribution in [0.15, 0.2) is 59.5 Å².